The molecule has 5 rings (SSSR count). The summed E-state index contributed by atoms with van der Waals surface area (Å²) in [7, 11) is 0. The molecule has 2 atom stereocenters. The number of aromatic amines is 1. The second-order valence-corrected chi connectivity index (χ2v) is 8.37. The fourth-order valence-electron chi connectivity index (χ4n) is 4.28. The van der Waals surface area contributed by atoms with Crippen molar-refractivity contribution < 1.29 is 5.11 Å². The third-order valence-corrected chi connectivity index (χ3v) is 6.82. The van der Waals surface area contributed by atoms with Crippen molar-refractivity contribution in [3.8, 4) is 29.1 Å². The number of thiophene rings is 1. The van der Waals surface area contributed by atoms with Crippen LogP contribution in [-0.4, -0.2) is 42.9 Å². The Morgan fingerprint density at radius 1 is 1.35 bits per heavy atom. The molecule has 0 aromatic carbocycles. The van der Waals surface area contributed by atoms with Crippen LogP contribution in [0.15, 0.2) is 36.4 Å². The predicted octanol–water partition coefficient (Wildman–Crippen LogP) is 3.44. The number of nitriles is 2. The molecule has 0 saturated carbocycles. The first kappa shape index (κ1) is 19.1. The van der Waals surface area contributed by atoms with Crippen LogP contribution in [0.5, 0.6) is 5.75 Å². The Morgan fingerprint density at radius 3 is 3.10 bits per heavy atom. The molecule has 9 nitrogen and oxygen atoms in total. The van der Waals surface area contributed by atoms with Gasteiger partial charge in [0.05, 0.1) is 30.4 Å². The maximum atomic E-state index is 9.89. The second kappa shape index (κ2) is 7.74. The first-order valence-corrected chi connectivity index (χ1v) is 10.7. The minimum absolute atomic E-state index is 0.0252. The Hall–Kier alpha value is -3.89. The quantitative estimate of drug-likeness (QED) is 0.496. The number of H-pyrrole nitrogens is 1. The highest BCUT2D eigenvalue weighted by atomic mass is 32.1. The van der Waals surface area contributed by atoms with Gasteiger partial charge in [-0.1, -0.05) is 0 Å². The van der Waals surface area contributed by atoms with Gasteiger partial charge in [-0.05, 0) is 12.5 Å². The maximum Gasteiger partial charge on any atom is 0.146 e. The van der Waals surface area contributed by atoms with Crippen LogP contribution in [0.25, 0.3) is 22.3 Å². The van der Waals surface area contributed by atoms with Crippen molar-refractivity contribution in [2.75, 3.05) is 18.0 Å². The highest BCUT2D eigenvalue weighted by Gasteiger charge is 2.33. The van der Waals surface area contributed by atoms with Crippen molar-refractivity contribution in [1.29, 1.82) is 10.5 Å². The van der Waals surface area contributed by atoms with E-state index in [0.29, 0.717) is 18.5 Å². The molecule has 154 valence electrons. The number of hydrogen-bond acceptors (Lipinski definition) is 8. The molecule has 2 N–H and O–H groups in total. The molecule has 0 amide bonds. The van der Waals surface area contributed by atoms with E-state index in [2.05, 4.69) is 37.1 Å². The summed E-state index contributed by atoms with van der Waals surface area (Å²) in [5.74, 6) is 0.220. The van der Waals surface area contributed by atoms with Crippen LogP contribution in [0.1, 0.15) is 24.4 Å². The Morgan fingerprint density at radius 2 is 2.26 bits per heavy atom. The van der Waals surface area contributed by atoms with Crippen molar-refractivity contribution in [2.24, 2.45) is 5.92 Å². The standard InChI is InChI=1S/C21H18N8OS/c22-4-1-17(13-3-6-28(9-13)21-16(7-23)18(30)11-31-21)29-10-14(8-27-29)19-15-2-5-24-20(15)26-12-25-19/h2,5,8,10-13,17,30H,1,3,6,9H2,(H,24,25,26)/t13-,17-/m0/s1. The smallest absolute Gasteiger partial charge is 0.146 e. The van der Waals surface area contributed by atoms with Gasteiger partial charge in [-0.25, -0.2) is 9.97 Å². The van der Waals surface area contributed by atoms with E-state index in [9.17, 15) is 15.6 Å². The van der Waals surface area contributed by atoms with Crippen molar-refractivity contribution >= 4 is 27.4 Å². The average molecular weight is 430 g/mol. The Balaban J connectivity index is 1.42. The molecule has 4 aromatic rings. The van der Waals surface area contributed by atoms with Gasteiger partial charge in [-0.2, -0.15) is 15.6 Å². The van der Waals surface area contributed by atoms with Gasteiger partial charge in [-0.15, -0.1) is 11.3 Å². The van der Waals surface area contributed by atoms with Gasteiger partial charge in [0.25, 0.3) is 0 Å². The zero-order valence-electron chi connectivity index (χ0n) is 16.4. The van der Waals surface area contributed by atoms with Crippen LogP contribution >= 0.6 is 11.3 Å². The summed E-state index contributed by atoms with van der Waals surface area (Å²) in [5.41, 5.74) is 2.77. The summed E-state index contributed by atoms with van der Waals surface area (Å²) in [6.45, 7) is 1.47. The zero-order valence-corrected chi connectivity index (χ0v) is 17.2. The fraction of sp³-hybridized carbons (Fsp3) is 0.286. The summed E-state index contributed by atoms with van der Waals surface area (Å²) in [6.07, 6.45) is 8.28. The normalized spacial score (nSPS) is 17.0. The predicted molar refractivity (Wildman–Crippen MR) is 115 cm³/mol. The van der Waals surface area contributed by atoms with Gasteiger partial charge in [0, 0.05) is 47.7 Å². The van der Waals surface area contributed by atoms with Crippen molar-refractivity contribution in [3.63, 3.8) is 0 Å². The lowest BCUT2D eigenvalue weighted by molar-refractivity contribution is 0.332. The molecular formula is C21H18N8OS. The van der Waals surface area contributed by atoms with Crippen molar-refractivity contribution in [3.05, 3.63) is 41.9 Å². The molecule has 0 unspecified atom stereocenters. The number of nitrogens with zero attached hydrogens (tertiary/aromatic N) is 7. The largest absolute Gasteiger partial charge is 0.506 e. The van der Waals surface area contributed by atoms with Gasteiger partial charge >= 0.3 is 0 Å². The lowest BCUT2D eigenvalue weighted by atomic mass is 9.96. The maximum absolute atomic E-state index is 9.89. The van der Waals surface area contributed by atoms with Crippen LogP contribution < -0.4 is 4.90 Å². The van der Waals surface area contributed by atoms with Crippen LogP contribution in [-0.2, 0) is 0 Å². The first-order valence-electron chi connectivity index (χ1n) is 9.84. The van der Waals surface area contributed by atoms with E-state index in [-0.39, 0.29) is 17.7 Å². The molecule has 1 aliphatic heterocycles. The molecule has 1 saturated heterocycles. The molecule has 31 heavy (non-hydrogen) atoms. The molecule has 1 fully saturated rings. The minimum Gasteiger partial charge on any atom is -0.506 e. The number of rotatable bonds is 5. The highest BCUT2D eigenvalue weighted by Crippen LogP contribution is 2.40. The lowest BCUT2D eigenvalue weighted by Crippen LogP contribution is -2.25. The van der Waals surface area contributed by atoms with E-state index in [1.165, 1.54) is 17.7 Å². The Labute approximate surface area is 181 Å². The SMILES string of the molecule is N#CC[C@@H]([C@H]1CCN(c2scc(O)c2C#N)C1)n1cc(-c2ncnc3[nH]ccc23)cn1. The summed E-state index contributed by atoms with van der Waals surface area (Å²) < 4.78 is 1.87. The molecule has 5 heterocycles. The van der Waals surface area contributed by atoms with Gasteiger partial charge in [-0.3, -0.25) is 4.68 Å². The van der Waals surface area contributed by atoms with Crippen LogP contribution in [0, 0.1) is 28.6 Å². The molecule has 0 aliphatic carbocycles. The highest BCUT2D eigenvalue weighted by molar-refractivity contribution is 7.14. The Kier molecular flexibility index (Phi) is 4.77. The summed E-state index contributed by atoms with van der Waals surface area (Å²) >= 11 is 1.37. The molecule has 4 aromatic heterocycles. The topological polar surface area (TPSA) is 130 Å². The third kappa shape index (κ3) is 3.27. The number of aromatic nitrogens is 5. The van der Waals surface area contributed by atoms with E-state index in [0.717, 1.165) is 40.3 Å². The van der Waals surface area contributed by atoms with Crippen LogP contribution in [0.2, 0.25) is 0 Å². The van der Waals surface area contributed by atoms with Gasteiger partial charge in [0.1, 0.15) is 34.4 Å². The third-order valence-electron chi connectivity index (χ3n) is 5.79. The number of fused-ring (bicyclic) bond motifs is 1. The summed E-state index contributed by atoms with van der Waals surface area (Å²) in [6, 6.07) is 6.24. The fourth-order valence-corrected chi connectivity index (χ4v) is 5.20. The van der Waals surface area contributed by atoms with E-state index >= 15 is 0 Å². The van der Waals surface area contributed by atoms with E-state index in [4.69, 9.17) is 0 Å². The molecule has 0 radical (unpaired) electrons. The first-order chi connectivity index (χ1) is 15.2. The molecule has 0 spiro atoms. The number of aromatic hydroxyl groups is 1. The van der Waals surface area contributed by atoms with E-state index in [1.54, 1.807) is 11.6 Å². The monoisotopic (exact) mass is 430 g/mol. The van der Waals surface area contributed by atoms with Gasteiger partial charge < -0.3 is 15.0 Å². The second-order valence-electron chi connectivity index (χ2n) is 7.51. The minimum atomic E-state index is -0.0913. The van der Waals surface area contributed by atoms with Gasteiger partial charge in [0.15, 0.2) is 0 Å². The van der Waals surface area contributed by atoms with E-state index in [1.807, 2.05) is 23.1 Å². The molecule has 10 heteroatoms. The Bertz CT molecular complexity index is 1320. The zero-order chi connectivity index (χ0) is 21.4. The summed E-state index contributed by atoms with van der Waals surface area (Å²) in [5, 5.41) is 36.6. The number of hydrogen-bond donors (Lipinski definition) is 2. The number of nitrogens with one attached hydrogen (secondary N) is 1. The molecular weight excluding hydrogens is 412 g/mol. The number of anilines is 1. The molecule has 1 aliphatic rings. The van der Waals surface area contributed by atoms with Crippen molar-refractivity contribution in [1.82, 2.24) is 24.7 Å². The van der Waals surface area contributed by atoms with E-state index < -0.39 is 0 Å². The molecule has 0 bridgehead atoms. The van der Waals surface area contributed by atoms with Crippen molar-refractivity contribution in [2.45, 2.75) is 18.9 Å². The van der Waals surface area contributed by atoms with Crippen LogP contribution in [0.3, 0.4) is 0 Å². The van der Waals surface area contributed by atoms with Crippen LogP contribution in [0.4, 0.5) is 5.00 Å². The van der Waals surface area contributed by atoms with Gasteiger partial charge in [0.2, 0.25) is 0 Å². The average Bonchev–Trinajstić information content (AvgIpc) is 3.57. The summed E-state index contributed by atoms with van der Waals surface area (Å²) in [4.78, 5) is 13.9. The lowest BCUT2D eigenvalue weighted by Gasteiger charge is -2.23.